The number of aliphatic hydroxyl groups excluding tert-OH is 1. The summed E-state index contributed by atoms with van der Waals surface area (Å²) < 4.78 is 0. The van der Waals surface area contributed by atoms with Gasteiger partial charge in [-0.25, -0.2) is 0 Å². The van der Waals surface area contributed by atoms with Crippen LogP contribution < -0.4 is 5.32 Å². The number of aliphatic hydroxyl groups is 1. The van der Waals surface area contributed by atoms with Gasteiger partial charge in [0.25, 0.3) is 5.91 Å². The lowest BCUT2D eigenvalue weighted by Crippen LogP contribution is -2.33. The largest absolute Gasteiger partial charge is 0.396 e. The number of likely N-dealkylation sites (tertiary alicyclic amines) is 1. The van der Waals surface area contributed by atoms with Crippen LogP contribution in [0.3, 0.4) is 0 Å². The summed E-state index contributed by atoms with van der Waals surface area (Å²) in [6.45, 7) is 5.73. The summed E-state index contributed by atoms with van der Waals surface area (Å²) in [7, 11) is 0. The van der Waals surface area contributed by atoms with Crippen LogP contribution in [0.2, 0.25) is 0 Å². The van der Waals surface area contributed by atoms with E-state index in [9.17, 15) is 4.79 Å². The van der Waals surface area contributed by atoms with Gasteiger partial charge in [-0.05, 0) is 67.1 Å². The molecule has 0 saturated carbocycles. The van der Waals surface area contributed by atoms with E-state index in [1.807, 2.05) is 36.4 Å². The quantitative estimate of drug-likeness (QED) is 0.833. The van der Waals surface area contributed by atoms with Crippen molar-refractivity contribution in [2.45, 2.75) is 32.7 Å². The molecule has 1 aliphatic heterocycles. The number of hydrogen-bond donors (Lipinski definition) is 2. The monoisotopic (exact) mass is 352 g/mol. The Morgan fingerprint density at radius 3 is 2.46 bits per heavy atom. The third-order valence-electron chi connectivity index (χ3n) is 4.98. The van der Waals surface area contributed by atoms with Crippen LogP contribution in [0.4, 0.5) is 5.69 Å². The first-order chi connectivity index (χ1) is 12.6. The molecule has 4 heteroatoms. The third kappa shape index (κ3) is 5.16. The highest BCUT2D eigenvalue weighted by Crippen LogP contribution is 2.18. The summed E-state index contributed by atoms with van der Waals surface area (Å²) in [5, 5.41) is 11.9. The zero-order valence-corrected chi connectivity index (χ0v) is 15.4. The predicted octanol–water partition coefficient (Wildman–Crippen LogP) is 3.71. The van der Waals surface area contributed by atoms with E-state index in [0.29, 0.717) is 12.0 Å². The molecule has 1 saturated heterocycles. The Morgan fingerprint density at radius 2 is 1.81 bits per heavy atom. The molecule has 3 rings (SSSR count). The van der Waals surface area contributed by atoms with Crippen LogP contribution in [-0.4, -0.2) is 35.6 Å². The first-order valence-electron chi connectivity index (χ1n) is 9.46. The van der Waals surface area contributed by atoms with Gasteiger partial charge in [0.15, 0.2) is 0 Å². The molecule has 1 atom stereocenters. The summed E-state index contributed by atoms with van der Waals surface area (Å²) >= 11 is 0. The highest BCUT2D eigenvalue weighted by Gasteiger charge is 2.16. The number of nitrogens with one attached hydrogen (secondary N) is 1. The molecular formula is C22H28N2O2. The van der Waals surface area contributed by atoms with Gasteiger partial charge >= 0.3 is 0 Å². The molecule has 1 aliphatic rings. The number of piperidine rings is 1. The lowest BCUT2D eigenvalue weighted by molar-refractivity contribution is 0.102. The fourth-order valence-electron chi connectivity index (χ4n) is 3.54. The van der Waals surface area contributed by atoms with Gasteiger partial charge in [0, 0.05) is 30.9 Å². The fourth-order valence-corrected chi connectivity index (χ4v) is 3.54. The van der Waals surface area contributed by atoms with Crippen LogP contribution >= 0.6 is 0 Å². The fraction of sp³-hybridized carbons (Fsp3) is 0.409. The topological polar surface area (TPSA) is 52.6 Å². The third-order valence-corrected chi connectivity index (χ3v) is 4.98. The van der Waals surface area contributed by atoms with Crippen LogP contribution in [-0.2, 0) is 13.0 Å². The zero-order valence-electron chi connectivity index (χ0n) is 15.4. The number of benzene rings is 2. The summed E-state index contributed by atoms with van der Waals surface area (Å²) in [4.78, 5) is 14.9. The molecule has 0 aliphatic carbocycles. The van der Waals surface area contributed by atoms with Gasteiger partial charge in [0.1, 0.15) is 0 Å². The van der Waals surface area contributed by atoms with Gasteiger partial charge in [0.2, 0.25) is 0 Å². The second-order valence-corrected chi connectivity index (χ2v) is 7.30. The Kier molecular flexibility index (Phi) is 6.42. The van der Waals surface area contributed by atoms with Crippen LogP contribution in [0.25, 0.3) is 0 Å². The minimum Gasteiger partial charge on any atom is -0.396 e. The number of amides is 1. The molecule has 1 amide bonds. The smallest absolute Gasteiger partial charge is 0.255 e. The van der Waals surface area contributed by atoms with Crippen molar-refractivity contribution in [2.75, 3.05) is 25.0 Å². The van der Waals surface area contributed by atoms with E-state index in [-0.39, 0.29) is 12.5 Å². The molecule has 2 aromatic rings. The number of rotatable bonds is 6. The maximum atomic E-state index is 12.4. The molecule has 0 unspecified atom stereocenters. The summed E-state index contributed by atoms with van der Waals surface area (Å²) in [6.07, 6.45) is 3.24. The number of carbonyl (C=O) groups excluding carboxylic acids is 1. The maximum Gasteiger partial charge on any atom is 0.255 e. The Hall–Kier alpha value is -2.17. The van der Waals surface area contributed by atoms with E-state index in [0.717, 1.165) is 30.3 Å². The van der Waals surface area contributed by atoms with Crippen LogP contribution in [0.5, 0.6) is 0 Å². The van der Waals surface area contributed by atoms with Gasteiger partial charge in [0.05, 0.1) is 0 Å². The molecule has 26 heavy (non-hydrogen) atoms. The summed E-state index contributed by atoms with van der Waals surface area (Å²) in [6, 6.07) is 15.5. The second kappa shape index (κ2) is 8.97. The van der Waals surface area contributed by atoms with Gasteiger partial charge in [-0.3, -0.25) is 9.69 Å². The Bertz CT molecular complexity index is 710. The SMILES string of the molecule is C[C@@H]1CCCN(Cc2ccc(C(=O)Nc3ccc(CCO)cc3)cc2)C1. The maximum absolute atomic E-state index is 12.4. The van der Waals surface area contributed by atoms with E-state index in [1.165, 1.54) is 24.9 Å². The van der Waals surface area contributed by atoms with Crippen molar-refractivity contribution >= 4 is 11.6 Å². The molecule has 0 spiro atoms. The van der Waals surface area contributed by atoms with E-state index < -0.39 is 0 Å². The van der Waals surface area contributed by atoms with Crippen LogP contribution in [0.1, 0.15) is 41.3 Å². The predicted molar refractivity (Wildman–Crippen MR) is 105 cm³/mol. The number of nitrogens with zero attached hydrogens (tertiary/aromatic N) is 1. The Balaban J connectivity index is 1.56. The Labute approximate surface area is 155 Å². The Morgan fingerprint density at radius 1 is 1.12 bits per heavy atom. The lowest BCUT2D eigenvalue weighted by Gasteiger charge is -2.30. The highest BCUT2D eigenvalue weighted by atomic mass is 16.3. The van der Waals surface area contributed by atoms with Crippen molar-refractivity contribution in [3.63, 3.8) is 0 Å². The number of hydrogen-bond acceptors (Lipinski definition) is 3. The average Bonchev–Trinajstić information content (AvgIpc) is 2.64. The van der Waals surface area contributed by atoms with Gasteiger partial charge in [-0.2, -0.15) is 0 Å². The molecule has 0 aromatic heterocycles. The number of anilines is 1. The molecule has 1 heterocycles. The first kappa shape index (κ1) is 18.6. The molecule has 2 aromatic carbocycles. The van der Waals surface area contributed by atoms with E-state index in [4.69, 9.17) is 5.11 Å². The second-order valence-electron chi connectivity index (χ2n) is 7.30. The van der Waals surface area contributed by atoms with Gasteiger partial charge < -0.3 is 10.4 Å². The van der Waals surface area contributed by atoms with Gasteiger partial charge in [-0.1, -0.05) is 31.2 Å². The zero-order chi connectivity index (χ0) is 18.4. The van der Waals surface area contributed by atoms with Crippen LogP contribution in [0.15, 0.2) is 48.5 Å². The highest BCUT2D eigenvalue weighted by molar-refractivity contribution is 6.04. The molecule has 138 valence electrons. The molecule has 2 N–H and O–H groups in total. The normalized spacial score (nSPS) is 17.8. The molecule has 1 fully saturated rings. The standard InChI is InChI=1S/C22H28N2O2/c1-17-3-2-13-24(15-17)16-19-4-8-20(9-5-19)22(26)23-21-10-6-18(7-11-21)12-14-25/h4-11,17,25H,2-3,12-16H2,1H3,(H,23,26)/t17-/m1/s1. The molecular weight excluding hydrogens is 324 g/mol. The summed E-state index contributed by atoms with van der Waals surface area (Å²) in [5.41, 5.74) is 3.74. The average molecular weight is 352 g/mol. The van der Waals surface area contributed by atoms with Gasteiger partial charge in [-0.15, -0.1) is 0 Å². The van der Waals surface area contributed by atoms with Crippen molar-refractivity contribution in [3.05, 3.63) is 65.2 Å². The van der Waals surface area contributed by atoms with E-state index in [2.05, 4.69) is 29.3 Å². The van der Waals surface area contributed by atoms with Crippen molar-refractivity contribution in [3.8, 4) is 0 Å². The van der Waals surface area contributed by atoms with Crippen molar-refractivity contribution in [2.24, 2.45) is 5.92 Å². The van der Waals surface area contributed by atoms with Crippen molar-refractivity contribution in [1.29, 1.82) is 0 Å². The van der Waals surface area contributed by atoms with Crippen LogP contribution in [0, 0.1) is 5.92 Å². The van der Waals surface area contributed by atoms with E-state index in [1.54, 1.807) is 0 Å². The molecule has 4 nitrogen and oxygen atoms in total. The minimum absolute atomic E-state index is 0.0990. The lowest BCUT2D eigenvalue weighted by atomic mass is 9.99. The minimum atomic E-state index is -0.0990. The molecule has 0 radical (unpaired) electrons. The first-order valence-corrected chi connectivity index (χ1v) is 9.46. The van der Waals surface area contributed by atoms with E-state index >= 15 is 0 Å². The van der Waals surface area contributed by atoms with Crippen molar-refractivity contribution < 1.29 is 9.90 Å². The molecule has 0 bridgehead atoms. The number of carbonyl (C=O) groups is 1. The summed E-state index contributed by atoms with van der Waals surface area (Å²) in [5.74, 6) is 0.677. The van der Waals surface area contributed by atoms with Crippen molar-refractivity contribution in [1.82, 2.24) is 4.90 Å².